The molecule has 0 radical (unpaired) electrons. The Balaban J connectivity index is 0.732. The van der Waals surface area contributed by atoms with Crippen LogP contribution in [0.15, 0.2) is 83.4 Å². The molecule has 9 rings (SSSR count). The van der Waals surface area contributed by atoms with Crippen molar-refractivity contribution in [3.63, 3.8) is 0 Å². The Bertz CT molecular complexity index is 2920. The summed E-state index contributed by atoms with van der Waals surface area (Å²) < 4.78 is 41.1. The molecule has 3 N–H and O–H groups in total. The predicted octanol–water partition coefficient (Wildman–Crippen LogP) is 7.04. The van der Waals surface area contributed by atoms with Gasteiger partial charge in [-0.2, -0.15) is 22.9 Å². The van der Waals surface area contributed by atoms with Crippen molar-refractivity contribution in [2.24, 2.45) is 16.4 Å². The smallest absolute Gasteiger partial charge is 0.391 e. The number of piperidine rings is 2. The number of benzene rings is 3. The molecule has 3 saturated heterocycles. The van der Waals surface area contributed by atoms with Crippen molar-refractivity contribution < 1.29 is 37.5 Å². The van der Waals surface area contributed by atoms with Crippen LogP contribution >= 0.6 is 11.3 Å². The van der Waals surface area contributed by atoms with Gasteiger partial charge in [0.15, 0.2) is 5.82 Å². The highest BCUT2D eigenvalue weighted by atomic mass is 32.1. The molecule has 4 aliphatic heterocycles. The van der Waals surface area contributed by atoms with E-state index >= 15 is 0 Å². The number of carbonyl (C=O) groups excluding carboxylic acids is 4. The van der Waals surface area contributed by atoms with Gasteiger partial charge in [-0.3, -0.25) is 19.2 Å². The Morgan fingerprint density at radius 3 is 2.19 bits per heavy atom. The van der Waals surface area contributed by atoms with Gasteiger partial charge >= 0.3 is 6.18 Å². The fraction of sp³-hybridized carbons (Fsp3) is 0.444. The fourth-order valence-corrected chi connectivity index (χ4v) is 10.8. The van der Waals surface area contributed by atoms with Crippen LogP contribution in [0.25, 0.3) is 10.4 Å². The van der Waals surface area contributed by atoms with E-state index in [-0.39, 0.29) is 42.7 Å². The zero-order chi connectivity index (χ0) is 51.6. The van der Waals surface area contributed by atoms with Gasteiger partial charge in [-0.25, -0.2) is 4.98 Å². The van der Waals surface area contributed by atoms with Crippen molar-refractivity contribution in [3.8, 4) is 22.3 Å². The SMILES string of the molecule is Cc1ncsc1-c1ccc(CNC(=O)[C@@H]2C[C@H](O)CN2C(=O)[C@@H](NC(=O)c2ccc(C(=O)N3CCC(C#Cc4ccc(C5CCN(C6=Nn7c(nnc7C(F)(F)F)CC6)CC5)cc4)CC3)cc2)C(C)(C)C)cc1. The second kappa shape index (κ2) is 21.3. The van der Waals surface area contributed by atoms with E-state index in [2.05, 4.69) is 59.8 Å². The summed E-state index contributed by atoms with van der Waals surface area (Å²) in [4.78, 5) is 65.7. The normalized spacial score (nSPS) is 19.1. The van der Waals surface area contributed by atoms with Crippen LogP contribution in [-0.2, 0) is 28.7 Å². The highest BCUT2D eigenvalue weighted by Gasteiger charge is 2.45. The summed E-state index contributed by atoms with van der Waals surface area (Å²) in [5.41, 5.74) is 6.74. The second-order valence-corrected chi connectivity index (χ2v) is 21.3. The number of halogens is 3. The molecule has 0 spiro atoms. The van der Waals surface area contributed by atoms with Crippen LogP contribution in [0.1, 0.15) is 120 Å². The highest BCUT2D eigenvalue weighted by molar-refractivity contribution is 7.13. The lowest BCUT2D eigenvalue weighted by Crippen LogP contribution is -2.57. The zero-order valence-corrected chi connectivity index (χ0v) is 42.1. The molecule has 3 fully saturated rings. The van der Waals surface area contributed by atoms with Gasteiger partial charge in [-0.1, -0.05) is 69.0 Å². The molecule has 382 valence electrons. The van der Waals surface area contributed by atoms with E-state index in [0.29, 0.717) is 56.3 Å². The summed E-state index contributed by atoms with van der Waals surface area (Å²) in [6, 6.07) is 20.5. The molecule has 0 saturated carbocycles. The van der Waals surface area contributed by atoms with Crippen molar-refractivity contribution >= 4 is 40.8 Å². The third kappa shape index (κ3) is 11.7. The first-order chi connectivity index (χ1) is 34.9. The van der Waals surface area contributed by atoms with Gasteiger partial charge in [-0.15, -0.1) is 21.5 Å². The molecule has 0 unspecified atom stereocenters. The maximum absolute atomic E-state index is 14.2. The number of thiazole rings is 1. The minimum Gasteiger partial charge on any atom is -0.391 e. The van der Waals surface area contributed by atoms with Gasteiger partial charge in [0.05, 0.1) is 22.2 Å². The van der Waals surface area contributed by atoms with Crippen LogP contribution in [0.3, 0.4) is 0 Å². The minimum absolute atomic E-state index is 0.0443. The maximum Gasteiger partial charge on any atom is 0.453 e. The number of aliphatic hydroxyl groups is 1. The molecule has 5 aromatic rings. The molecule has 4 amide bonds. The van der Waals surface area contributed by atoms with E-state index in [1.165, 1.54) is 10.5 Å². The number of hydrogen-bond donors (Lipinski definition) is 3. The number of alkyl halides is 3. The molecule has 0 aliphatic carbocycles. The number of aromatic nitrogens is 4. The average Bonchev–Trinajstić information content (AvgIpc) is 4.14. The van der Waals surface area contributed by atoms with Gasteiger partial charge in [-0.05, 0) is 97.0 Å². The molecule has 0 bridgehead atoms. The molecular formula is C54H59F3N10O5S. The maximum atomic E-state index is 14.2. The molecule has 2 aromatic heterocycles. The van der Waals surface area contributed by atoms with Crippen LogP contribution in [0, 0.1) is 30.1 Å². The molecule has 3 atom stereocenters. The first kappa shape index (κ1) is 51.0. The van der Waals surface area contributed by atoms with Gasteiger partial charge in [0.1, 0.15) is 17.9 Å². The number of fused-ring (bicyclic) bond motifs is 1. The number of amides is 4. The lowest BCUT2D eigenvalue weighted by molar-refractivity contribution is -0.147. The van der Waals surface area contributed by atoms with E-state index in [4.69, 9.17) is 0 Å². The fourth-order valence-electron chi connectivity index (χ4n) is 10.0. The van der Waals surface area contributed by atoms with Gasteiger partial charge in [0.25, 0.3) is 17.6 Å². The van der Waals surface area contributed by atoms with Crippen LogP contribution in [0.5, 0.6) is 0 Å². The van der Waals surface area contributed by atoms with Crippen LogP contribution in [0.4, 0.5) is 13.2 Å². The second-order valence-electron chi connectivity index (χ2n) is 20.4. The van der Waals surface area contributed by atoms with Crippen LogP contribution in [0.2, 0.25) is 0 Å². The number of β-amino-alcohol motifs (C(OH)–C–C–N with tert-alkyl or cyclic N) is 1. The topological polar surface area (TPSA) is 178 Å². The lowest BCUT2D eigenvalue weighted by atomic mass is 9.85. The summed E-state index contributed by atoms with van der Waals surface area (Å²) >= 11 is 1.56. The number of likely N-dealkylation sites (tertiary alicyclic amines) is 3. The zero-order valence-electron chi connectivity index (χ0n) is 41.3. The number of nitrogens with zero attached hydrogens (tertiary/aromatic N) is 8. The number of carbonyl (C=O) groups is 4. The number of nitrogens with one attached hydrogen (secondary N) is 2. The number of aryl methyl sites for hydroxylation is 2. The van der Waals surface area contributed by atoms with Crippen molar-refractivity contribution in [2.45, 2.75) is 109 Å². The Morgan fingerprint density at radius 2 is 1.55 bits per heavy atom. The van der Waals surface area contributed by atoms with E-state index in [0.717, 1.165) is 57.6 Å². The first-order valence-electron chi connectivity index (χ1n) is 24.8. The minimum atomic E-state index is -4.62. The van der Waals surface area contributed by atoms with E-state index < -0.39 is 53.3 Å². The Morgan fingerprint density at radius 1 is 0.863 bits per heavy atom. The molecule has 15 nitrogen and oxygen atoms in total. The number of rotatable bonds is 9. The van der Waals surface area contributed by atoms with Crippen molar-refractivity contribution in [1.29, 1.82) is 0 Å². The predicted molar refractivity (Wildman–Crippen MR) is 269 cm³/mol. The molecule has 73 heavy (non-hydrogen) atoms. The molecule has 6 heterocycles. The number of hydrogen-bond acceptors (Lipinski definition) is 11. The Hall–Kier alpha value is -6.91. The molecule has 19 heteroatoms. The molecule has 4 aliphatic rings. The standard InChI is InChI=1S/C54H59F3N10O5S/c1-33-46(73-32-59-33)39-13-9-36(10-14-39)30-58-49(70)43-29-42(68)31-66(43)51(72)47(53(2,3)4)60-48(69)40-15-17-41(18-16-40)50(71)65-25-21-35(22-26-65)6-5-34-7-11-37(12-8-34)38-23-27-64(28-24-38)45-20-19-44-61-62-52(54(55,56)57)67(44)63-45/h7-18,32,35,38,42-43,47,68H,19-31H2,1-4H3,(H,58,70)(H,60,69)/t42-,43-,47+/m0/s1. The van der Waals surface area contributed by atoms with Gasteiger partial charge in [0.2, 0.25) is 11.8 Å². The number of aliphatic hydroxyl groups excluding tert-OH is 1. The van der Waals surface area contributed by atoms with E-state index in [9.17, 15) is 37.5 Å². The Kier molecular flexibility index (Phi) is 14.9. The van der Waals surface area contributed by atoms with Crippen molar-refractivity contribution in [2.75, 3.05) is 32.7 Å². The third-order valence-corrected chi connectivity index (χ3v) is 15.2. The third-order valence-electron chi connectivity index (χ3n) is 14.3. The monoisotopic (exact) mass is 1020 g/mol. The van der Waals surface area contributed by atoms with Gasteiger partial charge < -0.3 is 30.4 Å². The molecule has 3 aromatic carbocycles. The number of amidine groups is 1. The van der Waals surface area contributed by atoms with Crippen LogP contribution < -0.4 is 10.6 Å². The van der Waals surface area contributed by atoms with Crippen LogP contribution in [-0.4, -0.2) is 120 Å². The summed E-state index contributed by atoms with van der Waals surface area (Å²) in [5, 5.41) is 27.8. The first-order valence-corrected chi connectivity index (χ1v) is 25.7. The summed E-state index contributed by atoms with van der Waals surface area (Å²) in [7, 11) is 0. The summed E-state index contributed by atoms with van der Waals surface area (Å²) in [5.74, 6) is 5.42. The van der Waals surface area contributed by atoms with E-state index in [1.54, 1.807) is 46.0 Å². The lowest BCUT2D eigenvalue weighted by Gasteiger charge is -2.35. The average molecular weight is 1020 g/mol. The quantitative estimate of drug-likeness (QED) is 0.131. The molecular weight excluding hydrogens is 958 g/mol. The summed E-state index contributed by atoms with van der Waals surface area (Å²) in [6.07, 6.45) is -1.42. The van der Waals surface area contributed by atoms with Crippen molar-refractivity contribution in [1.82, 2.24) is 45.2 Å². The largest absolute Gasteiger partial charge is 0.453 e. The van der Waals surface area contributed by atoms with Gasteiger partial charge in [0, 0.05) is 81.1 Å². The Labute approximate surface area is 426 Å². The summed E-state index contributed by atoms with van der Waals surface area (Å²) in [6.45, 7) is 10.1. The van der Waals surface area contributed by atoms with Crippen molar-refractivity contribution in [3.05, 3.63) is 123 Å². The highest BCUT2D eigenvalue weighted by Crippen LogP contribution is 2.33. The van der Waals surface area contributed by atoms with E-state index in [1.807, 2.05) is 64.1 Å².